The van der Waals surface area contributed by atoms with Crippen LogP contribution >= 0.6 is 0 Å². The van der Waals surface area contributed by atoms with Crippen LogP contribution in [-0.4, -0.2) is 26.1 Å². The molecule has 0 bridgehead atoms. The number of benzene rings is 2. The second-order valence-electron chi connectivity index (χ2n) is 4.95. The van der Waals surface area contributed by atoms with Crippen molar-refractivity contribution in [2.45, 2.75) is 0 Å². The number of amides is 1. The molecule has 0 saturated heterocycles. The summed E-state index contributed by atoms with van der Waals surface area (Å²) in [4.78, 5) is 17.0. The van der Waals surface area contributed by atoms with E-state index in [1.54, 1.807) is 36.4 Å². The van der Waals surface area contributed by atoms with Gasteiger partial charge in [0.2, 0.25) is 13.6 Å². The van der Waals surface area contributed by atoms with E-state index in [9.17, 15) is 4.79 Å². The first-order chi connectivity index (χ1) is 11.8. The lowest BCUT2D eigenvalue weighted by Gasteiger charge is -2.09. The number of ether oxygens (including phenoxy) is 5. The topological polar surface area (TPSA) is 84.5 Å². The van der Waals surface area contributed by atoms with Gasteiger partial charge in [-0.15, -0.1) is 0 Å². The molecular formula is C16H13NO7. The Bertz CT molecular complexity index is 714. The summed E-state index contributed by atoms with van der Waals surface area (Å²) in [6.45, 7) is 0.154. The van der Waals surface area contributed by atoms with E-state index in [0.29, 0.717) is 34.5 Å². The van der Waals surface area contributed by atoms with Crippen LogP contribution in [0.3, 0.4) is 0 Å². The molecule has 2 heterocycles. The molecule has 24 heavy (non-hydrogen) atoms. The molecule has 8 nitrogen and oxygen atoms in total. The maximum atomic E-state index is 11.8. The molecule has 0 aromatic heterocycles. The number of hydrogen-bond donors (Lipinski definition) is 1. The van der Waals surface area contributed by atoms with Crippen molar-refractivity contribution in [2.24, 2.45) is 0 Å². The molecule has 2 aromatic rings. The molecular weight excluding hydrogens is 318 g/mol. The number of fused-ring (bicyclic) bond motifs is 2. The van der Waals surface area contributed by atoms with E-state index in [1.165, 1.54) is 0 Å². The Kier molecular flexibility index (Phi) is 3.62. The Morgan fingerprint density at radius 2 is 1.46 bits per heavy atom. The Labute approximate surface area is 136 Å². The molecule has 0 fully saturated rings. The fourth-order valence-electron chi connectivity index (χ4n) is 2.20. The lowest BCUT2D eigenvalue weighted by atomic mass is 10.3. The predicted octanol–water partition coefficient (Wildman–Crippen LogP) is 1.63. The van der Waals surface area contributed by atoms with Gasteiger partial charge in [-0.2, -0.15) is 5.48 Å². The lowest BCUT2D eigenvalue weighted by Crippen LogP contribution is -2.31. The van der Waals surface area contributed by atoms with Gasteiger partial charge in [0, 0.05) is 12.1 Å². The fraction of sp³-hybridized carbons (Fsp3) is 0.188. The predicted molar refractivity (Wildman–Crippen MR) is 79.4 cm³/mol. The van der Waals surface area contributed by atoms with Crippen molar-refractivity contribution in [1.82, 2.24) is 5.48 Å². The van der Waals surface area contributed by atoms with Crippen LogP contribution < -0.4 is 34.0 Å². The van der Waals surface area contributed by atoms with Gasteiger partial charge in [-0.05, 0) is 24.3 Å². The quantitative estimate of drug-likeness (QED) is 0.834. The second-order valence-corrected chi connectivity index (χ2v) is 4.95. The van der Waals surface area contributed by atoms with Crippen LogP contribution in [0.15, 0.2) is 36.4 Å². The van der Waals surface area contributed by atoms with E-state index >= 15 is 0 Å². The molecule has 2 aliphatic rings. The molecule has 2 aromatic carbocycles. The van der Waals surface area contributed by atoms with Gasteiger partial charge in [0.15, 0.2) is 35.4 Å². The third-order valence-corrected chi connectivity index (χ3v) is 3.34. The number of nitrogens with one attached hydrogen (secondary N) is 1. The zero-order valence-corrected chi connectivity index (χ0v) is 12.4. The first-order valence-electron chi connectivity index (χ1n) is 7.16. The zero-order chi connectivity index (χ0) is 16.4. The van der Waals surface area contributed by atoms with Crippen LogP contribution in [0.25, 0.3) is 0 Å². The molecule has 0 atom stereocenters. The number of hydrogen-bond acceptors (Lipinski definition) is 7. The van der Waals surface area contributed by atoms with Crippen LogP contribution in [0, 0.1) is 0 Å². The van der Waals surface area contributed by atoms with Gasteiger partial charge in [0.05, 0.1) is 0 Å². The molecule has 124 valence electrons. The van der Waals surface area contributed by atoms with E-state index < -0.39 is 5.91 Å². The van der Waals surface area contributed by atoms with E-state index in [0.717, 1.165) is 0 Å². The highest BCUT2D eigenvalue weighted by atomic mass is 16.7. The third kappa shape index (κ3) is 2.94. The average Bonchev–Trinajstić information content (AvgIpc) is 3.25. The number of hydroxylamine groups is 1. The van der Waals surface area contributed by atoms with E-state index in [-0.39, 0.29) is 20.2 Å². The van der Waals surface area contributed by atoms with Crippen molar-refractivity contribution in [1.29, 1.82) is 0 Å². The smallest absolute Gasteiger partial charge is 0.290 e. The summed E-state index contributed by atoms with van der Waals surface area (Å²) in [5, 5.41) is 0. The van der Waals surface area contributed by atoms with Gasteiger partial charge >= 0.3 is 0 Å². The van der Waals surface area contributed by atoms with Crippen molar-refractivity contribution in [3.63, 3.8) is 0 Å². The maximum Gasteiger partial charge on any atom is 0.290 e. The first-order valence-corrected chi connectivity index (χ1v) is 7.16. The van der Waals surface area contributed by atoms with Gasteiger partial charge < -0.3 is 28.5 Å². The van der Waals surface area contributed by atoms with Gasteiger partial charge in [-0.1, -0.05) is 0 Å². The highest BCUT2D eigenvalue weighted by Gasteiger charge is 2.15. The Morgan fingerprint density at radius 1 is 0.875 bits per heavy atom. The third-order valence-electron chi connectivity index (χ3n) is 3.34. The summed E-state index contributed by atoms with van der Waals surface area (Å²) in [5.74, 6) is 2.93. The van der Waals surface area contributed by atoms with Crippen LogP contribution in [-0.2, 0) is 4.79 Å². The average molecular weight is 331 g/mol. The van der Waals surface area contributed by atoms with Crippen molar-refractivity contribution in [3.8, 4) is 34.5 Å². The summed E-state index contributed by atoms with van der Waals surface area (Å²) >= 11 is 0. The van der Waals surface area contributed by atoms with Gasteiger partial charge in [-0.3, -0.25) is 4.79 Å². The Hall–Kier alpha value is -3.29. The standard InChI is InChI=1S/C16H13NO7/c18-16(7-19-10-1-3-12-14(5-10)22-8-20-12)17-24-11-2-4-13-15(6-11)23-9-21-13/h1-6H,7-9H2,(H,17,18). The molecule has 8 heteroatoms. The van der Waals surface area contributed by atoms with Crippen LogP contribution in [0.4, 0.5) is 0 Å². The van der Waals surface area contributed by atoms with Crippen molar-refractivity contribution in [2.75, 3.05) is 20.2 Å². The zero-order valence-electron chi connectivity index (χ0n) is 12.4. The molecule has 0 aliphatic carbocycles. The normalized spacial score (nSPS) is 13.5. The van der Waals surface area contributed by atoms with Crippen LogP contribution in [0.1, 0.15) is 0 Å². The summed E-state index contributed by atoms with van der Waals surface area (Å²) in [6, 6.07) is 10.1. The van der Waals surface area contributed by atoms with Crippen molar-refractivity contribution >= 4 is 5.91 Å². The minimum atomic E-state index is -0.440. The Balaban J connectivity index is 1.28. The first kappa shape index (κ1) is 14.3. The maximum absolute atomic E-state index is 11.8. The molecule has 0 spiro atoms. The summed E-state index contributed by atoms with van der Waals surface area (Å²) < 4.78 is 26.2. The largest absolute Gasteiger partial charge is 0.484 e. The highest BCUT2D eigenvalue weighted by Crippen LogP contribution is 2.35. The molecule has 4 rings (SSSR count). The van der Waals surface area contributed by atoms with E-state index in [1.807, 2.05) is 0 Å². The Morgan fingerprint density at radius 3 is 2.17 bits per heavy atom. The van der Waals surface area contributed by atoms with Gasteiger partial charge in [0.1, 0.15) is 5.75 Å². The highest BCUT2D eigenvalue weighted by molar-refractivity contribution is 5.76. The summed E-state index contributed by atoms with van der Waals surface area (Å²) in [5.41, 5.74) is 2.30. The second kappa shape index (κ2) is 6.07. The van der Waals surface area contributed by atoms with Crippen molar-refractivity contribution < 1.29 is 33.3 Å². The molecule has 1 amide bonds. The van der Waals surface area contributed by atoms with Crippen LogP contribution in [0.2, 0.25) is 0 Å². The monoisotopic (exact) mass is 331 g/mol. The molecule has 1 N–H and O–H groups in total. The molecule has 0 saturated carbocycles. The SMILES string of the molecule is O=C(COc1ccc2c(c1)OCO2)NOc1ccc2c(c1)OCO2. The number of carbonyl (C=O) groups is 1. The number of rotatable bonds is 5. The molecule has 2 aliphatic heterocycles. The number of carbonyl (C=O) groups excluding carboxylic acids is 1. The van der Waals surface area contributed by atoms with E-state index in [4.69, 9.17) is 28.5 Å². The molecule has 0 radical (unpaired) electrons. The minimum Gasteiger partial charge on any atom is -0.484 e. The van der Waals surface area contributed by atoms with Gasteiger partial charge in [-0.25, -0.2) is 0 Å². The van der Waals surface area contributed by atoms with Crippen molar-refractivity contribution in [3.05, 3.63) is 36.4 Å². The summed E-state index contributed by atoms with van der Waals surface area (Å²) in [6.07, 6.45) is 0. The van der Waals surface area contributed by atoms with Gasteiger partial charge in [0.25, 0.3) is 5.91 Å². The summed E-state index contributed by atoms with van der Waals surface area (Å²) in [7, 11) is 0. The van der Waals surface area contributed by atoms with E-state index in [2.05, 4.69) is 5.48 Å². The fourth-order valence-corrected chi connectivity index (χ4v) is 2.20. The minimum absolute atomic E-state index is 0.175. The molecule has 0 unspecified atom stereocenters. The van der Waals surface area contributed by atoms with Crippen LogP contribution in [0.5, 0.6) is 34.5 Å². The lowest BCUT2D eigenvalue weighted by molar-refractivity contribution is -0.129.